The van der Waals surface area contributed by atoms with Crippen LogP contribution in [0.5, 0.6) is 0 Å². The molecule has 1 saturated heterocycles. The smallest absolute Gasteiger partial charge is 0.222 e. The van der Waals surface area contributed by atoms with Crippen LogP contribution in [-0.2, 0) is 15.3 Å². The number of rotatable bonds is 2. The van der Waals surface area contributed by atoms with Gasteiger partial charge < -0.3 is 9.47 Å². The summed E-state index contributed by atoms with van der Waals surface area (Å²) in [5.74, 6) is -0.800. The van der Waals surface area contributed by atoms with E-state index in [1.807, 2.05) is 24.3 Å². The maximum atomic E-state index is 5.83. The number of aromatic nitrogens is 2. The van der Waals surface area contributed by atoms with Crippen molar-refractivity contribution < 1.29 is 9.47 Å². The normalized spacial score (nSPS) is 18.1. The van der Waals surface area contributed by atoms with Crippen LogP contribution in [0.1, 0.15) is 11.1 Å². The molecule has 0 bridgehead atoms. The fourth-order valence-electron chi connectivity index (χ4n) is 2.06. The molecule has 3 rings (SSSR count). The summed E-state index contributed by atoms with van der Waals surface area (Å²) < 4.78 is 11.7. The van der Waals surface area contributed by atoms with Gasteiger partial charge in [-0.05, 0) is 24.3 Å². The van der Waals surface area contributed by atoms with Crippen molar-refractivity contribution in [2.24, 2.45) is 0 Å². The molecule has 0 spiro atoms. The van der Waals surface area contributed by atoms with Gasteiger partial charge >= 0.3 is 0 Å². The fourth-order valence-corrected chi connectivity index (χ4v) is 2.06. The van der Waals surface area contributed by atoms with Crippen molar-refractivity contribution in [3.05, 3.63) is 60.2 Å². The van der Waals surface area contributed by atoms with Crippen molar-refractivity contribution in [2.45, 2.75) is 5.79 Å². The number of hydrogen-bond acceptors (Lipinski definition) is 4. The van der Waals surface area contributed by atoms with E-state index >= 15 is 0 Å². The molecule has 2 aromatic heterocycles. The van der Waals surface area contributed by atoms with Gasteiger partial charge in [-0.15, -0.1) is 0 Å². The van der Waals surface area contributed by atoms with Crippen LogP contribution in [0.2, 0.25) is 0 Å². The van der Waals surface area contributed by atoms with Gasteiger partial charge in [-0.3, -0.25) is 9.97 Å². The van der Waals surface area contributed by atoms with Gasteiger partial charge in [0, 0.05) is 35.9 Å². The molecule has 0 aromatic carbocycles. The molecule has 17 heavy (non-hydrogen) atoms. The van der Waals surface area contributed by atoms with E-state index in [2.05, 4.69) is 9.97 Å². The van der Waals surface area contributed by atoms with Crippen LogP contribution < -0.4 is 0 Å². The molecule has 0 radical (unpaired) electrons. The summed E-state index contributed by atoms with van der Waals surface area (Å²) in [6.07, 6.45) is 6.96. The van der Waals surface area contributed by atoms with E-state index in [0.29, 0.717) is 13.2 Å². The molecule has 1 aliphatic rings. The lowest BCUT2D eigenvalue weighted by atomic mass is 9.99. The van der Waals surface area contributed by atoms with Gasteiger partial charge in [-0.25, -0.2) is 0 Å². The molecule has 4 heteroatoms. The molecule has 3 heterocycles. The first-order chi connectivity index (χ1) is 8.42. The second-order valence-electron chi connectivity index (χ2n) is 3.79. The Morgan fingerprint density at radius 1 is 0.765 bits per heavy atom. The van der Waals surface area contributed by atoms with Crippen LogP contribution in [0.3, 0.4) is 0 Å². The lowest BCUT2D eigenvalue weighted by molar-refractivity contribution is -0.130. The largest absolute Gasteiger partial charge is 0.340 e. The van der Waals surface area contributed by atoms with Gasteiger partial charge in [-0.2, -0.15) is 0 Å². The third kappa shape index (κ3) is 1.71. The lowest BCUT2D eigenvalue weighted by Crippen LogP contribution is -2.28. The molecule has 86 valence electrons. The molecule has 0 amide bonds. The lowest BCUT2D eigenvalue weighted by Gasteiger charge is -2.27. The maximum absolute atomic E-state index is 5.83. The summed E-state index contributed by atoms with van der Waals surface area (Å²) >= 11 is 0. The molecule has 0 aliphatic carbocycles. The van der Waals surface area contributed by atoms with E-state index < -0.39 is 5.79 Å². The minimum atomic E-state index is -0.800. The Labute approximate surface area is 99.2 Å². The maximum Gasteiger partial charge on any atom is 0.222 e. The molecule has 4 nitrogen and oxygen atoms in total. The van der Waals surface area contributed by atoms with Gasteiger partial charge in [0.25, 0.3) is 0 Å². The minimum Gasteiger partial charge on any atom is -0.340 e. The summed E-state index contributed by atoms with van der Waals surface area (Å²) in [4.78, 5) is 8.04. The highest BCUT2D eigenvalue weighted by Crippen LogP contribution is 2.37. The third-order valence-corrected chi connectivity index (χ3v) is 2.81. The molecular formula is C13H12N2O2. The van der Waals surface area contributed by atoms with Gasteiger partial charge in [0.1, 0.15) is 0 Å². The third-order valence-electron chi connectivity index (χ3n) is 2.81. The zero-order valence-electron chi connectivity index (χ0n) is 9.24. The van der Waals surface area contributed by atoms with E-state index in [1.165, 1.54) is 0 Å². The van der Waals surface area contributed by atoms with E-state index in [-0.39, 0.29) is 0 Å². The molecule has 1 aliphatic heterocycles. The Morgan fingerprint density at radius 3 is 1.59 bits per heavy atom. The first kappa shape index (κ1) is 10.4. The Hall–Kier alpha value is -1.78. The topological polar surface area (TPSA) is 44.2 Å². The van der Waals surface area contributed by atoms with Crippen LogP contribution in [-0.4, -0.2) is 23.2 Å². The zero-order chi connectivity index (χ0) is 11.6. The molecule has 0 saturated carbocycles. The molecule has 2 aromatic rings. The molecule has 0 unspecified atom stereocenters. The van der Waals surface area contributed by atoms with Crippen LogP contribution in [0, 0.1) is 0 Å². The van der Waals surface area contributed by atoms with E-state index in [9.17, 15) is 0 Å². The van der Waals surface area contributed by atoms with Gasteiger partial charge in [0.2, 0.25) is 5.79 Å². The standard InChI is InChI=1S/C13H12N2O2/c1-5-14-6-2-11(1)13(16-9-10-17-13)12-3-7-15-8-4-12/h1-8H,9-10H2. The first-order valence-corrected chi connectivity index (χ1v) is 5.51. The summed E-state index contributed by atoms with van der Waals surface area (Å²) in [5.41, 5.74) is 1.91. The van der Waals surface area contributed by atoms with Crippen LogP contribution in [0.15, 0.2) is 49.1 Å². The summed E-state index contributed by atoms with van der Waals surface area (Å²) in [7, 11) is 0. The van der Waals surface area contributed by atoms with Crippen molar-refractivity contribution in [3.63, 3.8) is 0 Å². The molecule has 1 fully saturated rings. The fraction of sp³-hybridized carbons (Fsp3) is 0.231. The summed E-state index contributed by atoms with van der Waals surface area (Å²) in [6, 6.07) is 7.63. The Kier molecular flexibility index (Phi) is 2.59. The second-order valence-corrected chi connectivity index (χ2v) is 3.79. The number of hydrogen-bond donors (Lipinski definition) is 0. The molecule has 0 atom stereocenters. The minimum absolute atomic E-state index is 0.588. The predicted octanol–water partition coefficient (Wildman–Crippen LogP) is 1.72. The summed E-state index contributed by atoms with van der Waals surface area (Å²) in [5, 5.41) is 0. The summed E-state index contributed by atoms with van der Waals surface area (Å²) in [6.45, 7) is 1.18. The predicted molar refractivity (Wildman–Crippen MR) is 61.2 cm³/mol. The van der Waals surface area contributed by atoms with Gasteiger partial charge in [0.05, 0.1) is 13.2 Å². The molecular weight excluding hydrogens is 216 g/mol. The Bertz CT molecular complexity index is 440. The first-order valence-electron chi connectivity index (χ1n) is 5.51. The van der Waals surface area contributed by atoms with Crippen LogP contribution in [0.25, 0.3) is 0 Å². The average Bonchev–Trinajstić information content (AvgIpc) is 2.91. The zero-order valence-corrected chi connectivity index (χ0v) is 9.24. The van der Waals surface area contributed by atoms with Crippen LogP contribution in [0.4, 0.5) is 0 Å². The number of ether oxygens (including phenoxy) is 2. The van der Waals surface area contributed by atoms with Crippen molar-refractivity contribution in [1.29, 1.82) is 0 Å². The van der Waals surface area contributed by atoms with Crippen molar-refractivity contribution in [2.75, 3.05) is 13.2 Å². The number of pyridine rings is 2. The highest BCUT2D eigenvalue weighted by molar-refractivity contribution is 5.32. The monoisotopic (exact) mass is 228 g/mol. The second kappa shape index (κ2) is 4.24. The van der Waals surface area contributed by atoms with E-state index in [0.717, 1.165) is 11.1 Å². The van der Waals surface area contributed by atoms with Crippen molar-refractivity contribution >= 4 is 0 Å². The van der Waals surface area contributed by atoms with Gasteiger partial charge in [0.15, 0.2) is 0 Å². The van der Waals surface area contributed by atoms with Crippen LogP contribution >= 0.6 is 0 Å². The highest BCUT2D eigenvalue weighted by Gasteiger charge is 2.40. The Balaban J connectivity index is 2.11. The SMILES string of the molecule is c1cc(C2(c3ccncc3)OCCO2)ccn1. The van der Waals surface area contributed by atoms with E-state index in [1.54, 1.807) is 24.8 Å². The average molecular weight is 228 g/mol. The Morgan fingerprint density at radius 2 is 1.18 bits per heavy atom. The quantitative estimate of drug-likeness (QED) is 0.785. The number of nitrogens with zero attached hydrogens (tertiary/aromatic N) is 2. The van der Waals surface area contributed by atoms with Gasteiger partial charge in [-0.1, -0.05) is 0 Å². The van der Waals surface area contributed by atoms with E-state index in [4.69, 9.17) is 9.47 Å². The van der Waals surface area contributed by atoms with Crippen molar-refractivity contribution in [3.8, 4) is 0 Å². The highest BCUT2D eigenvalue weighted by atomic mass is 16.7. The molecule has 0 N–H and O–H groups in total. The van der Waals surface area contributed by atoms with Crippen molar-refractivity contribution in [1.82, 2.24) is 9.97 Å².